The fourth-order valence-electron chi connectivity index (χ4n) is 4.23. The summed E-state index contributed by atoms with van der Waals surface area (Å²) in [6, 6.07) is 16.3. The zero-order valence-electron chi connectivity index (χ0n) is 20.4. The normalized spacial score (nSPS) is 18.2. The average Bonchev–Trinajstić information content (AvgIpc) is 3.52. The second-order valence-electron chi connectivity index (χ2n) is 8.46. The maximum Gasteiger partial charge on any atom is 0.263 e. The Bertz CT molecular complexity index is 1180. The lowest BCUT2D eigenvalue weighted by Crippen LogP contribution is -2.31. The van der Waals surface area contributed by atoms with E-state index in [9.17, 15) is 8.42 Å². The van der Waals surface area contributed by atoms with Crippen LogP contribution >= 0.6 is 0 Å². The fourth-order valence-corrected chi connectivity index (χ4v) is 5.62. The molecule has 3 aromatic rings. The quantitative estimate of drug-likeness (QED) is 0.422. The predicted molar refractivity (Wildman–Crippen MR) is 130 cm³/mol. The van der Waals surface area contributed by atoms with Crippen LogP contribution in [0.4, 0.5) is 0 Å². The van der Waals surface area contributed by atoms with E-state index in [1.807, 2.05) is 48.5 Å². The largest absolute Gasteiger partial charge is 0.497 e. The van der Waals surface area contributed by atoms with Crippen LogP contribution in [0.25, 0.3) is 0 Å². The molecule has 2 aromatic carbocycles. The van der Waals surface area contributed by atoms with Crippen molar-refractivity contribution < 1.29 is 27.4 Å². The number of aromatic nitrogens is 2. The highest BCUT2D eigenvalue weighted by atomic mass is 32.2. The Kier molecular flexibility index (Phi) is 7.46. The highest BCUT2D eigenvalue weighted by molar-refractivity contribution is 7.89. The van der Waals surface area contributed by atoms with E-state index in [0.29, 0.717) is 36.8 Å². The summed E-state index contributed by atoms with van der Waals surface area (Å²) in [4.78, 5) is 0. The molecule has 1 aliphatic heterocycles. The van der Waals surface area contributed by atoms with Gasteiger partial charge >= 0.3 is 0 Å². The molecule has 1 atom stereocenters. The summed E-state index contributed by atoms with van der Waals surface area (Å²) in [5, 5.41) is 4.36. The van der Waals surface area contributed by atoms with Crippen molar-refractivity contribution in [1.29, 1.82) is 0 Å². The standard InChI is InChI=1S/C25H31N3O6S/c1-27-23(25(33-4)13-14-34-18-25)15-24(26-27)35(29,30)28(16-19-5-9-21(31-2)10-6-19)17-20-7-11-22(32-3)12-8-20/h5-12,15H,13-14,16-18H2,1-4H3. The lowest BCUT2D eigenvalue weighted by molar-refractivity contribution is -0.0272. The minimum absolute atomic E-state index is 0.0275. The molecule has 1 unspecified atom stereocenters. The zero-order valence-corrected chi connectivity index (χ0v) is 21.2. The summed E-state index contributed by atoms with van der Waals surface area (Å²) in [7, 11) is 2.57. The molecule has 0 spiro atoms. The van der Waals surface area contributed by atoms with Gasteiger partial charge in [-0.25, -0.2) is 8.42 Å². The number of nitrogens with zero attached hydrogens (tertiary/aromatic N) is 3. The maximum atomic E-state index is 13.9. The average molecular weight is 502 g/mol. The van der Waals surface area contributed by atoms with Gasteiger partial charge < -0.3 is 18.9 Å². The Morgan fingerprint density at radius 1 is 0.971 bits per heavy atom. The molecule has 0 saturated carbocycles. The van der Waals surface area contributed by atoms with Gasteiger partial charge in [-0.2, -0.15) is 9.40 Å². The summed E-state index contributed by atoms with van der Waals surface area (Å²) >= 11 is 0. The fraction of sp³-hybridized carbons (Fsp3) is 0.400. The summed E-state index contributed by atoms with van der Waals surface area (Å²) in [5.74, 6) is 1.41. The van der Waals surface area contributed by atoms with Crippen molar-refractivity contribution in [1.82, 2.24) is 14.1 Å². The first-order valence-corrected chi connectivity index (χ1v) is 12.7. The van der Waals surface area contributed by atoms with Crippen LogP contribution < -0.4 is 9.47 Å². The molecule has 1 fully saturated rings. The first-order valence-electron chi connectivity index (χ1n) is 11.2. The van der Waals surface area contributed by atoms with Gasteiger partial charge in [0.15, 0.2) is 5.03 Å². The Balaban J connectivity index is 1.69. The molecule has 2 heterocycles. The number of hydrogen-bond donors (Lipinski definition) is 0. The van der Waals surface area contributed by atoms with Gasteiger partial charge in [-0.3, -0.25) is 4.68 Å². The van der Waals surface area contributed by atoms with E-state index in [-0.39, 0.29) is 18.1 Å². The zero-order chi connectivity index (χ0) is 25.1. The van der Waals surface area contributed by atoms with Crippen LogP contribution in [0.15, 0.2) is 59.6 Å². The number of hydrogen-bond acceptors (Lipinski definition) is 7. The molecule has 188 valence electrons. The van der Waals surface area contributed by atoms with Gasteiger partial charge in [-0.1, -0.05) is 24.3 Å². The van der Waals surface area contributed by atoms with E-state index < -0.39 is 15.6 Å². The summed E-state index contributed by atoms with van der Waals surface area (Å²) in [5.41, 5.74) is 1.62. The molecule has 1 aromatic heterocycles. The number of methoxy groups -OCH3 is 3. The third-order valence-electron chi connectivity index (χ3n) is 6.34. The monoisotopic (exact) mass is 501 g/mol. The third-order valence-corrected chi connectivity index (χ3v) is 8.01. The molecular formula is C25H31N3O6S. The number of rotatable bonds is 10. The molecule has 9 nitrogen and oxygen atoms in total. The van der Waals surface area contributed by atoms with E-state index in [2.05, 4.69) is 5.10 Å². The smallest absolute Gasteiger partial charge is 0.263 e. The number of sulfonamides is 1. The first kappa shape index (κ1) is 25.2. The van der Waals surface area contributed by atoms with Gasteiger partial charge in [-0.05, 0) is 35.4 Å². The molecule has 4 rings (SSSR count). The van der Waals surface area contributed by atoms with E-state index in [1.54, 1.807) is 39.1 Å². The van der Waals surface area contributed by atoms with Crippen LogP contribution in [-0.4, -0.2) is 57.0 Å². The van der Waals surface area contributed by atoms with Gasteiger partial charge in [0.1, 0.15) is 17.1 Å². The Labute approximate surface area is 206 Å². The molecule has 1 aliphatic rings. The Morgan fingerprint density at radius 3 is 1.94 bits per heavy atom. The van der Waals surface area contributed by atoms with Gasteiger partial charge in [0.25, 0.3) is 10.0 Å². The minimum Gasteiger partial charge on any atom is -0.497 e. The summed E-state index contributed by atoms with van der Waals surface area (Å²) in [6.45, 7) is 1.23. The molecule has 0 aliphatic carbocycles. The SMILES string of the molecule is COc1ccc(CN(Cc2ccc(OC)cc2)S(=O)(=O)c2cc(C3(OC)CCOC3)n(C)n2)cc1. The number of ether oxygens (including phenoxy) is 4. The molecule has 0 bridgehead atoms. The predicted octanol–water partition coefficient (Wildman–Crippen LogP) is 3.09. The van der Waals surface area contributed by atoms with Crippen LogP contribution in [-0.2, 0) is 45.2 Å². The molecule has 10 heteroatoms. The summed E-state index contributed by atoms with van der Waals surface area (Å²) < 4.78 is 52.6. The van der Waals surface area contributed by atoms with E-state index in [4.69, 9.17) is 18.9 Å². The van der Waals surface area contributed by atoms with Gasteiger partial charge in [-0.15, -0.1) is 0 Å². The van der Waals surface area contributed by atoms with Crippen LogP contribution in [0.1, 0.15) is 23.2 Å². The van der Waals surface area contributed by atoms with E-state index >= 15 is 0 Å². The van der Waals surface area contributed by atoms with E-state index in [1.165, 1.54) is 4.31 Å². The van der Waals surface area contributed by atoms with Crippen molar-refractivity contribution in [3.63, 3.8) is 0 Å². The van der Waals surface area contributed by atoms with Crippen molar-refractivity contribution >= 4 is 10.0 Å². The minimum atomic E-state index is -3.95. The molecular weight excluding hydrogens is 470 g/mol. The topological polar surface area (TPSA) is 92.1 Å². The highest BCUT2D eigenvalue weighted by Crippen LogP contribution is 2.35. The van der Waals surface area contributed by atoms with Crippen LogP contribution in [0.2, 0.25) is 0 Å². The number of aryl methyl sites for hydroxylation is 1. The second-order valence-corrected chi connectivity index (χ2v) is 10.3. The second kappa shape index (κ2) is 10.4. The molecule has 0 amide bonds. The summed E-state index contributed by atoms with van der Waals surface area (Å²) in [6.07, 6.45) is 0.629. The lowest BCUT2D eigenvalue weighted by atomic mass is 9.99. The van der Waals surface area contributed by atoms with Crippen molar-refractivity contribution in [3.8, 4) is 11.5 Å². The van der Waals surface area contributed by atoms with Crippen molar-refractivity contribution in [2.75, 3.05) is 34.5 Å². The van der Waals surface area contributed by atoms with Gasteiger partial charge in [0.05, 0.1) is 26.5 Å². The van der Waals surface area contributed by atoms with E-state index in [0.717, 1.165) is 11.1 Å². The Hall–Kier alpha value is -2.92. The van der Waals surface area contributed by atoms with Crippen LogP contribution in [0.5, 0.6) is 11.5 Å². The maximum absolute atomic E-state index is 13.9. The van der Waals surface area contributed by atoms with Crippen LogP contribution in [0.3, 0.4) is 0 Å². The lowest BCUT2D eigenvalue weighted by Gasteiger charge is -2.25. The van der Waals surface area contributed by atoms with Gasteiger partial charge in [0.2, 0.25) is 0 Å². The molecule has 0 N–H and O–H groups in total. The molecule has 1 saturated heterocycles. The van der Waals surface area contributed by atoms with Gasteiger partial charge in [0, 0.05) is 46.3 Å². The van der Waals surface area contributed by atoms with Crippen LogP contribution in [0, 0.1) is 0 Å². The van der Waals surface area contributed by atoms with Crippen molar-refractivity contribution in [2.24, 2.45) is 7.05 Å². The number of benzene rings is 2. The molecule has 0 radical (unpaired) electrons. The van der Waals surface area contributed by atoms with Crippen molar-refractivity contribution in [3.05, 3.63) is 71.4 Å². The third kappa shape index (κ3) is 5.20. The molecule has 35 heavy (non-hydrogen) atoms. The van der Waals surface area contributed by atoms with Crippen molar-refractivity contribution in [2.45, 2.75) is 30.1 Å². The highest BCUT2D eigenvalue weighted by Gasteiger charge is 2.41. The first-order chi connectivity index (χ1) is 16.8. The Morgan fingerprint density at radius 2 is 1.51 bits per heavy atom.